The lowest BCUT2D eigenvalue weighted by Crippen LogP contribution is -2.60. The molecule has 0 bridgehead atoms. The number of rotatable bonds is 26. The number of likely N-dealkylation sites (tertiary alicyclic amines) is 1. The number of carbonyl (C=O) groups excluding carboxylic acids is 7. The van der Waals surface area contributed by atoms with Gasteiger partial charge in [-0.05, 0) is 55.9 Å². The standard InChI is InChI=1S/C49H78N6O10/c1-13-32(6)44(37(64-11)29-41(59)54-28-20-23-36(54)46(65-12)33(7)47(61)50-34(8)45(60)35-21-16-14-17-22-35)53(10)49(63)42(30(2)3)51-48(62)43(31(4)5)52(9)38(56)24-18-15-19-27-55-39(57)25-26-40(55)58/h14,16-17,21-22,25-26,30-34,36-37,42-46,60H,13,15,18-20,23-24,27-29H2,1-12H3,(H,50,61)(H,51,62)/t32-,33+,34+,36-,37+,42-,43?,44-,45+,46+/m0/s1. The van der Waals surface area contributed by atoms with E-state index in [1.807, 2.05) is 59.7 Å². The van der Waals surface area contributed by atoms with E-state index in [-0.39, 0.29) is 72.6 Å². The van der Waals surface area contributed by atoms with Gasteiger partial charge in [0.05, 0.1) is 48.8 Å². The van der Waals surface area contributed by atoms with E-state index in [0.717, 1.165) is 6.42 Å². The molecule has 65 heavy (non-hydrogen) atoms. The van der Waals surface area contributed by atoms with Crippen LogP contribution in [0, 0.1) is 23.7 Å². The number of amides is 7. The summed E-state index contributed by atoms with van der Waals surface area (Å²) in [7, 11) is 6.32. The zero-order chi connectivity index (χ0) is 48.7. The number of nitrogens with one attached hydrogen (secondary N) is 2. The van der Waals surface area contributed by atoms with Crippen molar-refractivity contribution in [3.05, 3.63) is 48.0 Å². The Labute approximate surface area is 387 Å². The highest BCUT2D eigenvalue weighted by molar-refractivity contribution is 6.12. The normalized spacial score (nSPS) is 19.3. The Hall–Kier alpha value is -4.67. The number of methoxy groups -OCH3 is 2. The molecule has 0 spiro atoms. The Morgan fingerprint density at radius 2 is 1.46 bits per heavy atom. The lowest BCUT2D eigenvalue weighted by Gasteiger charge is -2.41. The first-order chi connectivity index (χ1) is 30.7. The van der Waals surface area contributed by atoms with Gasteiger partial charge in [-0.15, -0.1) is 0 Å². The number of hydrogen-bond donors (Lipinski definition) is 3. The number of ether oxygens (including phenoxy) is 2. The van der Waals surface area contributed by atoms with Crippen LogP contribution < -0.4 is 10.6 Å². The fourth-order valence-electron chi connectivity index (χ4n) is 9.28. The number of imide groups is 1. The summed E-state index contributed by atoms with van der Waals surface area (Å²) < 4.78 is 12.0. The molecule has 16 heteroatoms. The summed E-state index contributed by atoms with van der Waals surface area (Å²) in [5, 5.41) is 16.8. The van der Waals surface area contributed by atoms with Crippen LogP contribution in [0.15, 0.2) is 42.5 Å². The second-order valence-corrected chi connectivity index (χ2v) is 18.6. The minimum absolute atomic E-state index is 0.0380. The maximum absolute atomic E-state index is 14.6. The van der Waals surface area contributed by atoms with Crippen LogP contribution >= 0.6 is 0 Å². The quantitative estimate of drug-likeness (QED) is 0.0894. The first-order valence-corrected chi connectivity index (χ1v) is 23.5. The van der Waals surface area contributed by atoms with Gasteiger partial charge >= 0.3 is 0 Å². The number of carbonyl (C=O) groups is 7. The van der Waals surface area contributed by atoms with Gasteiger partial charge in [0.25, 0.3) is 11.8 Å². The van der Waals surface area contributed by atoms with E-state index in [1.54, 1.807) is 49.9 Å². The molecule has 1 aromatic carbocycles. The van der Waals surface area contributed by atoms with Crippen molar-refractivity contribution in [3.8, 4) is 0 Å². The summed E-state index contributed by atoms with van der Waals surface area (Å²) >= 11 is 0. The third kappa shape index (κ3) is 14.4. The van der Waals surface area contributed by atoms with Gasteiger partial charge in [-0.1, -0.05) is 91.6 Å². The van der Waals surface area contributed by atoms with Crippen LogP contribution in [0.1, 0.15) is 118 Å². The maximum atomic E-state index is 14.6. The molecule has 7 amide bonds. The Morgan fingerprint density at radius 3 is 2.02 bits per heavy atom. The van der Waals surface area contributed by atoms with E-state index in [9.17, 15) is 38.7 Å². The monoisotopic (exact) mass is 911 g/mol. The molecule has 2 aliphatic rings. The second-order valence-electron chi connectivity index (χ2n) is 18.6. The van der Waals surface area contributed by atoms with Crippen molar-refractivity contribution in [3.63, 3.8) is 0 Å². The van der Waals surface area contributed by atoms with E-state index < -0.39 is 60.3 Å². The van der Waals surface area contributed by atoms with Crippen LogP contribution in [-0.4, -0.2) is 150 Å². The lowest BCUT2D eigenvalue weighted by atomic mass is 9.89. The van der Waals surface area contributed by atoms with Crippen molar-refractivity contribution < 1.29 is 48.1 Å². The van der Waals surface area contributed by atoms with Gasteiger partial charge in [-0.25, -0.2) is 0 Å². The van der Waals surface area contributed by atoms with Gasteiger partial charge in [-0.3, -0.25) is 38.5 Å². The van der Waals surface area contributed by atoms with Crippen LogP contribution in [0.2, 0.25) is 0 Å². The fraction of sp³-hybridized carbons (Fsp3) is 0.694. The van der Waals surface area contributed by atoms with E-state index >= 15 is 0 Å². The highest BCUT2D eigenvalue weighted by Gasteiger charge is 2.43. The number of aliphatic hydroxyl groups excluding tert-OH is 1. The molecule has 0 aromatic heterocycles. The SMILES string of the molecule is CC[C@H](C)[C@@H]([C@@H](CC(=O)N1CCC[C@H]1[C@H](OC)[C@@H](C)C(=O)N[C@H](C)[C@@H](O)c1ccccc1)OC)N(C)C(=O)[C@@H](NC(=O)C(C(C)C)N(C)C(=O)CCCCCN1C(=O)C=CC1=O)C(C)C. The van der Waals surface area contributed by atoms with Crippen LogP contribution in [-0.2, 0) is 43.0 Å². The van der Waals surface area contributed by atoms with E-state index in [4.69, 9.17) is 9.47 Å². The molecule has 1 saturated heterocycles. The molecule has 0 aliphatic carbocycles. The van der Waals surface area contributed by atoms with Crippen molar-refractivity contribution >= 4 is 41.4 Å². The highest BCUT2D eigenvalue weighted by Crippen LogP contribution is 2.30. The van der Waals surface area contributed by atoms with Gasteiger partial charge in [-0.2, -0.15) is 0 Å². The van der Waals surface area contributed by atoms with Crippen LogP contribution in [0.3, 0.4) is 0 Å². The predicted molar refractivity (Wildman–Crippen MR) is 248 cm³/mol. The number of aliphatic hydroxyl groups is 1. The smallest absolute Gasteiger partial charge is 0.253 e. The van der Waals surface area contributed by atoms with Gasteiger partial charge in [0, 0.05) is 60.0 Å². The average Bonchev–Trinajstić information content (AvgIpc) is 3.89. The Kier molecular flexibility index (Phi) is 21.8. The summed E-state index contributed by atoms with van der Waals surface area (Å²) in [6.45, 7) is 15.6. The molecule has 2 heterocycles. The summed E-state index contributed by atoms with van der Waals surface area (Å²) in [6, 6.07) is 5.80. The van der Waals surface area contributed by atoms with Crippen molar-refractivity contribution in [2.75, 3.05) is 41.4 Å². The molecule has 3 N–H and O–H groups in total. The predicted octanol–water partition coefficient (Wildman–Crippen LogP) is 4.25. The summed E-state index contributed by atoms with van der Waals surface area (Å²) in [6.07, 6.45) is 4.09. The summed E-state index contributed by atoms with van der Waals surface area (Å²) in [5.74, 6) is -3.55. The third-order valence-electron chi connectivity index (χ3n) is 13.4. The topological polar surface area (TPSA) is 195 Å². The third-order valence-corrected chi connectivity index (χ3v) is 13.4. The molecule has 1 aromatic rings. The van der Waals surface area contributed by atoms with E-state index in [2.05, 4.69) is 10.6 Å². The second kappa shape index (κ2) is 25.9. The number of likely N-dealkylation sites (N-methyl/N-ethyl adjacent to an activating group) is 2. The molecule has 1 unspecified atom stereocenters. The molecule has 16 nitrogen and oxygen atoms in total. The summed E-state index contributed by atoms with van der Waals surface area (Å²) in [5.41, 5.74) is 0.688. The molecule has 2 aliphatic heterocycles. The molecule has 0 saturated carbocycles. The number of unbranched alkanes of at least 4 members (excludes halogenated alkanes) is 2. The van der Waals surface area contributed by atoms with Crippen molar-refractivity contribution in [1.82, 2.24) is 30.2 Å². The number of nitrogens with zero attached hydrogens (tertiary/aromatic N) is 4. The first-order valence-electron chi connectivity index (χ1n) is 23.5. The van der Waals surface area contributed by atoms with Crippen molar-refractivity contribution in [2.45, 2.75) is 155 Å². The van der Waals surface area contributed by atoms with Crippen LogP contribution in [0.25, 0.3) is 0 Å². The highest BCUT2D eigenvalue weighted by atomic mass is 16.5. The van der Waals surface area contributed by atoms with Crippen LogP contribution in [0.4, 0.5) is 0 Å². The number of hydrogen-bond acceptors (Lipinski definition) is 10. The molecule has 10 atom stereocenters. The van der Waals surface area contributed by atoms with Crippen LogP contribution in [0.5, 0.6) is 0 Å². The van der Waals surface area contributed by atoms with E-state index in [0.29, 0.717) is 44.2 Å². The van der Waals surface area contributed by atoms with Gasteiger partial charge in [0.1, 0.15) is 12.1 Å². The Balaban J connectivity index is 1.70. The Bertz CT molecular complexity index is 1770. The molecule has 1 fully saturated rings. The molecular weight excluding hydrogens is 833 g/mol. The number of benzene rings is 1. The molecule has 364 valence electrons. The minimum Gasteiger partial charge on any atom is -0.386 e. The maximum Gasteiger partial charge on any atom is 0.253 e. The van der Waals surface area contributed by atoms with Gasteiger partial charge in [0.15, 0.2) is 0 Å². The molecular formula is C49H78N6O10. The van der Waals surface area contributed by atoms with E-state index in [1.165, 1.54) is 36.2 Å². The zero-order valence-corrected chi connectivity index (χ0v) is 41.0. The van der Waals surface area contributed by atoms with Crippen molar-refractivity contribution in [2.24, 2.45) is 23.7 Å². The Morgan fingerprint density at radius 1 is 0.831 bits per heavy atom. The fourth-order valence-corrected chi connectivity index (χ4v) is 9.28. The van der Waals surface area contributed by atoms with Gasteiger partial charge < -0.3 is 39.9 Å². The largest absolute Gasteiger partial charge is 0.386 e. The zero-order valence-electron chi connectivity index (χ0n) is 41.0. The minimum atomic E-state index is -0.947. The lowest BCUT2D eigenvalue weighted by molar-refractivity contribution is -0.148. The molecule has 0 radical (unpaired) electrons. The van der Waals surface area contributed by atoms with Crippen molar-refractivity contribution in [1.29, 1.82) is 0 Å². The van der Waals surface area contributed by atoms with Gasteiger partial charge in [0.2, 0.25) is 29.5 Å². The first kappa shape index (κ1) is 54.7. The average molecular weight is 911 g/mol. The molecule has 3 rings (SSSR count). The summed E-state index contributed by atoms with van der Waals surface area (Å²) in [4.78, 5) is 99.5.